The molecule has 1 N–H and O–H groups in total. The molecule has 2 aromatic rings. The van der Waals surface area contributed by atoms with Gasteiger partial charge in [0, 0.05) is 7.05 Å². The third kappa shape index (κ3) is 3.50. The van der Waals surface area contributed by atoms with Crippen LogP contribution >= 0.6 is 23.3 Å². The van der Waals surface area contributed by atoms with E-state index in [2.05, 4.69) is 29.6 Å². The van der Waals surface area contributed by atoms with Crippen molar-refractivity contribution in [3.8, 4) is 6.01 Å². The molecule has 0 spiro atoms. The molecule has 0 amide bonds. The van der Waals surface area contributed by atoms with Gasteiger partial charge in [-0.1, -0.05) is 0 Å². The summed E-state index contributed by atoms with van der Waals surface area (Å²) in [6.45, 7) is 3.83. The molecule has 2 heterocycles. The number of nitrogens with zero attached hydrogens (tertiary/aromatic N) is 5. The fourth-order valence-electron chi connectivity index (χ4n) is 1.04. The zero-order chi connectivity index (χ0) is 13.0. The fourth-order valence-corrected chi connectivity index (χ4v) is 2.34. The topological polar surface area (TPSA) is 85.7 Å². The number of ether oxygens (including phenoxy) is 1. The van der Waals surface area contributed by atoms with E-state index >= 15 is 0 Å². The molecule has 96 valence electrons. The van der Waals surface area contributed by atoms with Gasteiger partial charge in [-0.2, -0.15) is 19.3 Å². The van der Waals surface area contributed by atoms with Crippen molar-refractivity contribution in [2.24, 2.45) is 0 Å². The van der Waals surface area contributed by atoms with Crippen LogP contribution in [-0.4, -0.2) is 37.5 Å². The van der Waals surface area contributed by atoms with E-state index in [1.165, 1.54) is 29.6 Å². The van der Waals surface area contributed by atoms with E-state index in [0.717, 1.165) is 4.34 Å². The second-order valence-electron chi connectivity index (χ2n) is 3.45. The first-order valence-corrected chi connectivity index (χ1v) is 6.81. The summed E-state index contributed by atoms with van der Waals surface area (Å²) in [5.41, 5.74) is 0. The van der Waals surface area contributed by atoms with Gasteiger partial charge in [0.05, 0.1) is 6.10 Å². The minimum Gasteiger partial charge on any atom is -0.461 e. The first-order chi connectivity index (χ1) is 8.67. The summed E-state index contributed by atoms with van der Waals surface area (Å²) < 4.78 is 10.2. The van der Waals surface area contributed by atoms with E-state index in [9.17, 15) is 0 Å². The van der Waals surface area contributed by atoms with Crippen LogP contribution in [0.25, 0.3) is 0 Å². The summed E-state index contributed by atoms with van der Waals surface area (Å²) in [5, 5.41) is 3.40. The van der Waals surface area contributed by atoms with Gasteiger partial charge in [0.25, 0.3) is 0 Å². The molecule has 0 fully saturated rings. The highest BCUT2D eigenvalue weighted by atomic mass is 32.2. The van der Waals surface area contributed by atoms with Crippen molar-refractivity contribution in [3.63, 3.8) is 0 Å². The molecule has 0 atom stereocenters. The molecule has 0 aliphatic carbocycles. The minimum absolute atomic E-state index is 0.0106. The molecule has 0 saturated heterocycles. The number of hydrogen-bond donors (Lipinski definition) is 1. The smallest absolute Gasteiger partial charge is 0.322 e. The first kappa shape index (κ1) is 13.0. The Morgan fingerprint density at radius 2 is 2.17 bits per heavy atom. The van der Waals surface area contributed by atoms with E-state index in [4.69, 9.17) is 4.74 Å². The van der Waals surface area contributed by atoms with Crippen molar-refractivity contribution < 1.29 is 4.74 Å². The number of rotatable bonds is 5. The lowest BCUT2D eigenvalue weighted by atomic mass is 10.5. The molecule has 0 saturated carbocycles. The largest absolute Gasteiger partial charge is 0.461 e. The normalized spacial score (nSPS) is 10.7. The number of hydrogen-bond acceptors (Lipinski definition) is 9. The lowest BCUT2D eigenvalue weighted by molar-refractivity contribution is 0.219. The number of nitrogens with one attached hydrogen (secondary N) is 1. The molecule has 9 heteroatoms. The molecule has 0 aromatic carbocycles. The maximum absolute atomic E-state index is 5.47. The third-order valence-electron chi connectivity index (χ3n) is 1.68. The molecule has 0 aliphatic heterocycles. The van der Waals surface area contributed by atoms with Crippen LogP contribution in [0.1, 0.15) is 13.8 Å². The lowest BCUT2D eigenvalue weighted by Gasteiger charge is -2.09. The number of aromatic nitrogens is 5. The lowest BCUT2D eigenvalue weighted by Crippen LogP contribution is -2.10. The Labute approximate surface area is 113 Å². The molecule has 2 rings (SSSR count). The molecule has 0 aliphatic rings. The summed E-state index contributed by atoms with van der Waals surface area (Å²) in [7, 11) is 1.74. The van der Waals surface area contributed by atoms with E-state index in [0.29, 0.717) is 17.1 Å². The van der Waals surface area contributed by atoms with E-state index in [1.807, 2.05) is 13.8 Å². The van der Waals surface area contributed by atoms with Gasteiger partial charge >= 0.3 is 6.01 Å². The van der Waals surface area contributed by atoms with E-state index in [-0.39, 0.29) is 6.10 Å². The summed E-state index contributed by atoms with van der Waals surface area (Å²) >= 11 is 2.62. The van der Waals surface area contributed by atoms with Gasteiger partial charge in [-0.15, -0.1) is 0 Å². The summed E-state index contributed by atoms with van der Waals surface area (Å²) in [5.74, 6) is 0.465. The van der Waals surface area contributed by atoms with Crippen molar-refractivity contribution in [3.05, 3.63) is 6.33 Å². The van der Waals surface area contributed by atoms with Crippen LogP contribution in [0.5, 0.6) is 6.01 Å². The SMILES string of the molecule is CNc1nc(OC(C)C)nc(Sc2ncns2)n1. The second-order valence-corrected chi connectivity index (χ2v) is 5.44. The molecule has 7 nitrogen and oxygen atoms in total. The van der Waals surface area contributed by atoms with Crippen molar-refractivity contribution in [1.29, 1.82) is 0 Å². The summed E-state index contributed by atoms with van der Waals surface area (Å²) in [6.07, 6.45) is 1.51. The predicted octanol–water partition coefficient (Wildman–Crippen LogP) is 1.70. The fraction of sp³-hybridized carbons (Fsp3) is 0.444. The molecular weight excluding hydrogens is 272 g/mol. The molecule has 18 heavy (non-hydrogen) atoms. The zero-order valence-electron chi connectivity index (χ0n) is 10.1. The Hall–Kier alpha value is -1.48. The monoisotopic (exact) mass is 284 g/mol. The van der Waals surface area contributed by atoms with Crippen LogP contribution < -0.4 is 10.1 Å². The predicted molar refractivity (Wildman–Crippen MR) is 69.2 cm³/mol. The molecule has 0 unspecified atom stereocenters. The highest BCUT2D eigenvalue weighted by Crippen LogP contribution is 2.26. The Balaban J connectivity index is 2.23. The summed E-state index contributed by atoms with van der Waals surface area (Å²) in [6, 6.07) is 0.302. The third-order valence-corrected chi connectivity index (χ3v) is 3.26. The first-order valence-electron chi connectivity index (χ1n) is 5.22. The van der Waals surface area contributed by atoms with Crippen LogP contribution in [0.2, 0.25) is 0 Å². The molecular formula is C9H12N6OS2. The van der Waals surface area contributed by atoms with Gasteiger partial charge in [0.1, 0.15) is 6.33 Å². The zero-order valence-corrected chi connectivity index (χ0v) is 11.7. The van der Waals surface area contributed by atoms with Crippen LogP contribution in [0, 0.1) is 0 Å². The van der Waals surface area contributed by atoms with Crippen molar-refractivity contribution in [2.45, 2.75) is 29.4 Å². The second kappa shape index (κ2) is 5.91. The van der Waals surface area contributed by atoms with Gasteiger partial charge < -0.3 is 10.1 Å². The average Bonchev–Trinajstić information content (AvgIpc) is 2.80. The standard InChI is InChI=1S/C9H12N6OS2/c1-5(2)16-7-13-6(10-3)14-8(15-7)17-9-11-4-12-18-9/h4-5H,1-3H3,(H,10,13,14,15). The minimum atomic E-state index is 0.0106. The summed E-state index contributed by atoms with van der Waals surface area (Å²) in [4.78, 5) is 16.6. The van der Waals surface area contributed by atoms with Crippen molar-refractivity contribution >= 4 is 29.2 Å². The Morgan fingerprint density at radius 3 is 2.78 bits per heavy atom. The average molecular weight is 284 g/mol. The maximum Gasteiger partial charge on any atom is 0.322 e. The maximum atomic E-state index is 5.47. The molecule has 0 bridgehead atoms. The van der Waals surface area contributed by atoms with Gasteiger partial charge in [-0.25, -0.2) is 4.98 Å². The Morgan fingerprint density at radius 1 is 1.33 bits per heavy atom. The van der Waals surface area contributed by atoms with Crippen molar-refractivity contribution in [2.75, 3.05) is 12.4 Å². The quantitative estimate of drug-likeness (QED) is 0.888. The van der Waals surface area contributed by atoms with E-state index < -0.39 is 0 Å². The van der Waals surface area contributed by atoms with E-state index in [1.54, 1.807) is 7.05 Å². The molecule has 2 aromatic heterocycles. The van der Waals surface area contributed by atoms with Crippen LogP contribution in [0.3, 0.4) is 0 Å². The van der Waals surface area contributed by atoms with Gasteiger partial charge in [0.2, 0.25) is 11.1 Å². The Kier molecular flexibility index (Phi) is 4.26. The Bertz CT molecular complexity index is 504. The van der Waals surface area contributed by atoms with Crippen molar-refractivity contribution in [1.82, 2.24) is 24.3 Å². The van der Waals surface area contributed by atoms with Crippen LogP contribution in [-0.2, 0) is 0 Å². The van der Waals surface area contributed by atoms with Gasteiger partial charge in [-0.3, -0.25) is 0 Å². The van der Waals surface area contributed by atoms with Crippen LogP contribution in [0.4, 0.5) is 5.95 Å². The highest BCUT2D eigenvalue weighted by molar-refractivity contribution is 8.00. The molecule has 0 radical (unpaired) electrons. The van der Waals surface area contributed by atoms with Crippen LogP contribution in [0.15, 0.2) is 15.8 Å². The highest BCUT2D eigenvalue weighted by Gasteiger charge is 2.10. The van der Waals surface area contributed by atoms with Gasteiger partial charge in [0.15, 0.2) is 4.34 Å². The number of anilines is 1. The van der Waals surface area contributed by atoms with Gasteiger partial charge in [-0.05, 0) is 37.1 Å².